The van der Waals surface area contributed by atoms with Gasteiger partial charge in [0, 0.05) is 29.3 Å². The van der Waals surface area contributed by atoms with Gasteiger partial charge in [0.2, 0.25) is 5.91 Å². The molecule has 2 aromatic rings. The lowest BCUT2D eigenvalue weighted by Crippen LogP contribution is -2.32. The molecule has 1 aliphatic rings. The van der Waals surface area contributed by atoms with Crippen LogP contribution in [0.4, 0.5) is 0 Å². The van der Waals surface area contributed by atoms with Gasteiger partial charge in [-0.25, -0.2) is 9.97 Å². The third kappa shape index (κ3) is 2.68. The zero-order chi connectivity index (χ0) is 13.9. The second-order valence-electron chi connectivity index (χ2n) is 5.09. The Labute approximate surface area is 117 Å². The largest absolute Gasteiger partial charge is 0.349 e. The van der Waals surface area contributed by atoms with E-state index >= 15 is 0 Å². The first kappa shape index (κ1) is 12.8. The van der Waals surface area contributed by atoms with Crippen LogP contribution in [-0.2, 0) is 17.6 Å². The van der Waals surface area contributed by atoms with E-state index in [2.05, 4.69) is 25.5 Å². The van der Waals surface area contributed by atoms with Crippen molar-refractivity contribution in [2.24, 2.45) is 0 Å². The van der Waals surface area contributed by atoms with Crippen LogP contribution in [0, 0.1) is 6.92 Å². The number of hydrogen-bond acceptors (Lipinski definition) is 4. The first-order chi connectivity index (χ1) is 9.72. The first-order valence-corrected chi connectivity index (χ1v) is 6.82. The van der Waals surface area contributed by atoms with E-state index in [1.54, 1.807) is 12.3 Å². The molecule has 0 radical (unpaired) electrons. The molecule has 0 fully saturated rings. The molecule has 3 rings (SSSR count). The summed E-state index contributed by atoms with van der Waals surface area (Å²) in [5.41, 5.74) is 2.94. The number of aromatic amines is 1. The molecule has 1 amide bonds. The minimum absolute atomic E-state index is 0.00678. The summed E-state index contributed by atoms with van der Waals surface area (Å²) in [7, 11) is 0. The van der Waals surface area contributed by atoms with Crippen molar-refractivity contribution >= 4 is 5.91 Å². The highest BCUT2D eigenvalue weighted by Gasteiger charge is 2.23. The van der Waals surface area contributed by atoms with Gasteiger partial charge in [0.1, 0.15) is 5.82 Å². The summed E-state index contributed by atoms with van der Waals surface area (Å²) in [5, 5.41) is 9.71. The Morgan fingerprint density at radius 1 is 1.55 bits per heavy atom. The number of hydrogen-bond donors (Lipinski definition) is 2. The third-order valence-corrected chi connectivity index (χ3v) is 3.55. The molecule has 0 spiro atoms. The summed E-state index contributed by atoms with van der Waals surface area (Å²) in [6.45, 7) is 1.89. The van der Waals surface area contributed by atoms with Crippen molar-refractivity contribution < 1.29 is 4.79 Å². The van der Waals surface area contributed by atoms with Crippen molar-refractivity contribution in [3.8, 4) is 0 Å². The van der Waals surface area contributed by atoms with Crippen LogP contribution in [0.3, 0.4) is 0 Å². The zero-order valence-corrected chi connectivity index (χ0v) is 11.4. The van der Waals surface area contributed by atoms with Gasteiger partial charge in [-0.1, -0.05) is 0 Å². The quantitative estimate of drug-likeness (QED) is 0.880. The molecule has 0 bridgehead atoms. The highest BCUT2D eigenvalue weighted by molar-refractivity contribution is 5.78. The van der Waals surface area contributed by atoms with Gasteiger partial charge in [0.25, 0.3) is 0 Å². The number of fused-ring (bicyclic) bond motifs is 1. The number of rotatable bonds is 3. The third-order valence-electron chi connectivity index (χ3n) is 3.55. The van der Waals surface area contributed by atoms with E-state index in [9.17, 15) is 4.79 Å². The number of nitrogens with one attached hydrogen (secondary N) is 2. The lowest BCUT2D eigenvalue weighted by Gasteiger charge is -2.25. The normalized spacial score (nSPS) is 17.6. The summed E-state index contributed by atoms with van der Waals surface area (Å²) in [6, 6.07) is 1.83. The fraction of sp³-hybridized carbons (Fsp3) is 0.429. The predicted octanol–water partition coefficient (Wildman–Crippen LogP) is 1.24. The molecule has 104 valence electrons. The summed E-state index contributed by atoms with van der Waals surface area (Å²) < 4.78 is 0. The molecular formula is C14H17N5O. The Kier molecular flexibility index (Phi) is 3.45. The number of aryl methyl sites for hydroxylation is 2. The number of amides is 1. The average molecular weight is 271 g/mol. The summed E-state index contributed by atoms with van der Waals surface area (Å²) in [4.78, 5) is 20.8. The van der Waals surface area contributed by atoms with Crippen molar-refractivity contribution in [2.45, 2.75) is 38.6 Å². The lowest BCUT2D eigenvalue weighted by molar-refractivity contribution is -0.121. The Morgan fingerprint density at radius 3 is 3.25 bits per heavy atom. The maximum absolute atomic E-state index is 12.1. The van der Waals surface area contributed by atoms with Crippen LogP contribution in [0.1, 0.15) is 41.7 Å². The van der Waals surface area contributed by atoms with Crippen molar-refractivity contribution in [2.75, 3.05) is 0 Å². The van der Waals surface area contributed by atoms with Crippen molar-refractivity contribution in [3.63, 3.8) is 0 Å². The highest BCUT2D eigenvalue weighted by atomic mass is 16.1. The van der Waals surface area contributed by atoms with Gasteiger partial charge >= 0.3 is 0 Å². The Morgan fingerprint density at radius 2 is 2.45 bits per heavy atom. The van der Waals surface area contributed by atoms with E-state index in [4.69, 9.17) is 0 Å². The standard InChI is InChI=1S/C14H17N5O/c1-9-15-8-11-12(17-9)3-2-4-13(11)18-14(20)7-10-5-6-16-19-10/h5-6,8,13H,2-4,7H2,1H3,(H,16,19)(H,18,20). The van der Waals surface area contributed by atoms with E-state index in [1.807, 2.05) is 13.1 Å². The molecule has 6 nitrogen and oxygen atoms in total. The minimum atomic E-state index is -0.00678. The second-order valence-corrected chi connectivity index (χ2v) is 5.09. The average Bonchev–Trinajstić information content (AvgIpc) is 2.91. The van der Waals surface area contributed by atoms with Crippen LogP contribution in [0.15, 0.2) is 18.5 Å². The summed E-state index contributed by atoms with van der Waals surface area (Å²) >= 11 is 0. The molecule has 20 heavy (non-hydrogen) atoms. The Bertz CT molecular complexity index is 608. The smallest absolute Gasteiger partial charge is 0.226 e. The topological polar surface area (TPSA) is 83.6 Å². The molecule has 6 heteroatoms. The maximum atomic E-state index is 12.1. The SMILES string of the molecule is Cc1ncc2c(n1)CCCC2NC(=O)Cc1ccn[nH]1. The molecule has 1 aliphatic carbocycles. The van der Waals surface area contributed by atoms with Gasteiger partial charge in [0.15, 0.2) is 0 Å². The van der Waals surface area contributed by atoms with Crippen LogP contribution < -0.4 is 5.32 Å². The molecule has 2 aromatic heterocycles. The number of carbonyl (C=O) groups excluding carboxylic acids is 1. The number of H-pyrrole nitrogens is 1. The first-order valence-electron chi connectivity index (χ1n) is 6.82. The number of aromatic nitrogens is 4. The molecule has 0 saturated carbocycles. The predicted molar refractivity (Wildman–Crippen MR) is 72.9 cm³/mol. The van der Waals surface area contributed by atoms with E-state index < -0.39 is 0 Å². The van der Waals surface area contributed by atoms with E-state index in [-0.39, 0.29) is 11.9 Å². The van der Waals surface area contributed by atoms with Gasteiger partial charge in [-0.05, 0) is 32.3 Å². The Balaban J connectivity index is 1.71. The van der Waals surface area contributed by atoms with Gasteiger partial charge in [-0.2, -0.15) is 5.10 Å². The summed E-state index contributed by atoms with van der Waals surface area (Å²) in [5.74, 6) is 0.779. The van der Waals surface area contributed by atoms with E-state index in [1.165, 1.54) is 0 Å². The van der Waals surface area contributed by atoms with E-state index in [0.29, 0.717) is 6.42 Å². The van der Waals surface area contributed by atoms with Crippen LogP contribution in [0.25, 0.3) is 0 Å². The summed E-state index contributed by atoms with van der Waals surface area (Å²) in [6.07, 6.45) is 6.75. The lowest BCUT2D eigenvalue weighted by atomic mass is 9.92. The van der Waals surface area contributed by atoms with Crippen molar-refractivity contribution in [3.05, 3.63) is 41.2 Å². The van der Waals surface area contributed by atoms with Crippen molar-refractivity contribution in [1.29, 1.82) is 0 Å². The van der Waals surface area contributed by atoms with Crippen molar-refractivity contribution in [1.82, 2.24) is 25.5 Å². The monoisotopic (exact) mass is 271 g/mol. The molecule has 1 unspecified atom stereocenters. The fourth-order valence-electron chi connectivity index (χ4n) is 2.60. The van der Waals surface area contributed by atoms with Gasteiger partial charge in [-0.15, -0.1) is 0 Å². The molecule has 0 saturated heterocycles. The number of nitrogens with zero attached hydrogens (tertiary/aromatic N) is 3. The Hall–Kier alpha value is -2.24. The molecular weight excluding hydrogens is 254 g/mol. The molecule has 2 N–H and O–H groups in total. The zero-order valence-electron chi connectivity index (χ0n) is 11.4. The highest BCUT2D eigenvalue weighted by Crippen LogP contribution is 2.27. The van der Waals surface area contributed by atoms with Gasteiger partial charge in [0.05, 0.1) is 12.5 Å². The second kappa shape index (κ2) is 5.40. The molecule has 1 atom stereocenters. The molecule has 0 aliphatic heterocycles. The van der Waals surface area contributed by atoms with Crippen LogP contribution >= 0.6 is 0 Å². The maximum Gasteiger partial charge on any atom is 0.226 e. The minimum Gasteiger partial charge on any atom is -0.349 e. The van der Waals surface area contributed by atoms with E-state index in [0.717, 1.165) is 42.0 Å². The van der Waals surface area contributed by atoms with Crippen LogP contribution in [0.5, 0.6) is 0 Å². The van der Waals surface area contributed by atoms with Gasteiger partial charge < -0.3 is 5.32 Å². The van der Waals surface area contributed by atoms with Crippen LogP contribution in [-0.4, -0.2) is 26.1 Å². The van der Waals surface area contributed by atoms with Crippen LogP contribution in [0.2, 0.25) is 0 Å². The molecule has 0 aromatic carbocycles. The number of carbonyl (C=O) groups is 1. The van der Waals surface area contributed by atoms with Gasteiger partial charge in [-0.3, -0.25) is 9.89 Å². The fourth-order valence-corrected chi connectivity index (χ4v) is 2.60. The molecule has 2 heterocycles.